The van der Waals surface area contributed by atoms with Crippen LogP contribution in [0.1, 0.15) is 38.1 Å². The van der Waals surface area contributed by atoms with E-state index >= 15 is 0 Å². The van der Waals surface area contributed by atoms with E-state index < -0.39 is 19.5 Å². The molecule has 5 rings (SSSR count). The molecule has 4 aromatic rings. The van der Waals surface area contributed by atoms with Crippen LogP contribution in [0.15, 0.2) is 72.2 Å². The Hall–Kier alpha value is -4.58. The lowest BCUT2D eigenvalue weighted by Gasteiger charge is -2.24. The lowest BCUT2D eigenvalue weighted by molar-refractivity contribution is -0.144. The van der Waals surface area contributed by atoms with Crippen molar-refractivity contribution in [2.45, 2.75) is 39.8 Å². The van der Waals surface area contributed by atoms with Gasteiger partial charge in [0.2, 0.25) is 6.79 Å². The first kappa shape index (κ1) is 31.8. The Labute approximate surface area is 264 Å². The molecule has 0 bridgehead atoms. The highest BCUT2D eigenvalue weighted by atomic mass is 32.1. The van der Waals surface area contributed by atoms with Crippen molar-refractivity contribution >= 4 is 41.2 Å². The zero-order chi connectivity index (χ0) is 32.0. The Kier molecular flexibility index (Phi) is 9.92. The smallest absolute Gasteiger partial charge is 0.347 e. The Morgan fingerprint density at radius 3 is 2.40 bits per heavy atom. The predicted octanol–water partition coefficient (Wildman–Crippen LogP) is 6.14. The molecule has 2 N–H and O–H groups in total. The van der Waals surface area contributed by atoms with Crippen LogP contribution < -0.4 is 39.2 Å². The highest BCUT2D eigenvalue weighted by molar-refractivity contribution is 7.65. The van der Waals surface area contributed by atoms with Gasteiger partial charge in [-0.15, -0.1) is 11.3 Å². The van der Waals surface area contributed by atoms with Crippen molar-refractivity contribution < 1.29 is 42.4 Å². The third-order valence-corrected chi connectivity index (χ3v) is 9.02. The SMILES string of the molecule is CCOC(=O)[C@@H](C)NP(=O)(Oc1ccc2c(c1)OCO2)c1ccc(Oc2cc(OC(C)C)cc(C(=O)Nc3nccs3)c2)cc1. The zero-order valence-electron chi connectivity index (χ0n) is 25.0. The van der Waals surface area contributed by atoms with Gasteiger partial charge in [-0.3, -0.25) is 19.5 Å². The van der Waals surface area contributed by atoms with E-state index in [4.69, 9.17) is 28.2 Å². The van der Waals surface area contributed by atoms with E-state index in [0.717, 1.165) is 0 Å². The van der Waals surface area contributed by atoms with Crippen LogP contribution in [0.5, 0.6) is 34.5 Å². The van der Waals surface area contributed by atoms with Crippen LogP contribution in [0.25, 0.3) is 0 Å². The van der Waals surface area contributed by atoms with E-state index in [9.17, 15) is 14.2 Å². The minimum atomic E-state index is -3.91. The summed E-state index contributed by atoms with van der Waals surface area (Å²) in [5.41, 5.74) is 0.314. The third-order valence-electron chi connectivity index (χ3n) is 6.16. The number of ether oxygens (including phenoxy) is 5. The Bertz CT molecular complexity index is 1700. The summed E-state index contributed by atoms with van der Waals surface area (Å²) in [5, 5.41) is 8.07. The topological polar surface area (TPSA) is 144 Å². The number of nitrogens with one attached hydrogen (secondary N) is 2. The largest absolute Gasteiger partial charge is 0.491 e. The van der Waals surface area contributed by atoms with Gasteiger partial charge in [0.1, 0.15) is 29.0 Å². The molecule has 0 spiro atoms. The van der Waals surface area contributed by atoms with Crippen LogP contribution in [0.2, 0.25) is 0 Å². The van der Waals surface area contributed by atoms with Gasteiger partial charge in [0.25, 0.3) is 5.91 Å². The second-order valence-corrected chi connectivity index (χ2v) is 13.0. The molecule has 0 fully saturated rings. The van der Waals surface area contributed by atoms with Gasteiger partial charge in [0.15, 0.2) is 16.6 Å². The second kappa shape index (κ2) is 14.0. The minimum Gasteiger partial charge on any atom is -0.491 e. The van der Waals surface area contributed by atoms with Crippen molar-refractivity contribution in [2.24, 2.45) is 0 Å². The number of hydrogen-bond acceptors (Lipinski definition) is 11. The molecule has 1 amide bonds. The van der Waals surface area contributed by atoms with Crippen molar-refractivity contribution in [3.8, 4) is 34.5 Å². The molecule has 2 atom stereocenters. The van der Waals surface area contributed by atoms with Gasteiger partial charge in [0, 0.05) is 29.3 Å². The van der Waals surface area contributed by atoms with Gasteiger partial charge >= 0.3 is 13.5 Å². The standard InChI is InChI=1S/C31H32N3O9PS/c1-5-38-30(36)20(4)34-44(37,43-23-8-11-27-28(17-23)40-18-39-27)26-9-6-22(7-10-26)42-25-15-21(14-24(16-25)41-19(2)3)29(35)33-31-32-12-13-45-31/h6-17,19-20H,5,18H2,1-4H3,(H,34,37)(H,32,33,35)/t20-,44?/m1/s1. The van der Waals surface area contributed by atoms with Gasteiger partial charge in [-0.25, -0.2) is 10.1 Å². The van der Waals surface area contributed by atoms with E-state index in [-0.39, 0.29) is 36.5 Å². The van der Waals surface area contributed by atoms with E-state index in [0.29, 0.717) is 39.4 Å². The van der Waals surface area contributed by atoms with E-state index in [1.807, 2.05) is 13.8 Å². The van der Waals surface area contributed by atoms with E-state index in [1.54, 1.807) is 86.1 Å². The molecule has 236 valence electrons. The summed E-state index contributed by atoms with van der Waals surface area (Å²) in [4.78, 5) is 29.5. The van der Waals surface area contributed by atoms with Crippen molar-refractivity contribution in [1.29, 1.82) is 0 Å². The fraction of sp³-hybridized carbons (Fsp3) is 0.258. The van der Waals surface area contributed by atoms with Gasteiger partial charge < -0.3 is 28.2 Å². The molecule has 2 heterocycles. The molecule has 14 heteroatoms. The van der Waals surface area contributed by atoms with E-state index in [1.165, 1.54) is 11.3 Å². The summed E-state index contributed by atoms with van der Waals surface area (Å²) >= 11 is 1.30. The number of benzene rings is 3. The number of aromatic nitrogens is 1. The van der Waals surface area contributed by atoms with Crippen LogP contribution in [0.4, 0.5) is 5.13 Å². The van der Waals surface area contributed by atoms with Gasteiger partial charge in [-0.05, 0) is 76.2 Å². The Balaban J connectivity index is 1.40. The lowest BCUT2D eigenvalue weighted by Crippen LogP contribution is -2.37. The highest BCUT2D eigenvalue weighted by Gasteiger charge is 2.33. The molecule has 3 aromatic carbocycles. The van der Waals surface area contributed by atoms with Gasteiger partial charge in [-0.1, -0.05) is 0 Å². The zero-order valence-corrected chi connectivity index (χ0v) is 26.7. The fourth-order valence-electron chi connectivity index (χ4n) is 4.21. The highest BCUT2D eigenvalue weighted by Crippen LogP contribution is 2.46. The third kappa shape index (κ3) is 8.13. The number of amides is 1. The van der Waals surface area contributed by atoms with Crippen LogP contribution in [-0.2, 0) is 14.1 Å². The summed E-state index contributed by atoms with van der Waals surface area (Å²) in [6.07, 6.45) is 1.46. The number of esters is 1. The molecule has 0 aliphatic carbocycles. The molecule has 45 heavy (non-hydrogen) atoms. The quantitative estimate of drug-likeness (QED) is 0.127. The molecular weight excluding hydrogens is 621 g/mol. The number of carbonyl (C=O) groups excluding carboxylic acids is 2. The first-order chi connectivity index (χ1) is 21.6. The van der Waals surface area contributed by atoms with Crippen molar-refractivity contribution in [1.82, 2.24) is 10.1 Å². The van der Waals surface area contributed by atoms with Gasteiger partial charge in [0.05, 0.1) is 18.0 Å². The first-order valence-electron chi connectivity index (χ1n) is 14.1. The van der Waals surface area contributed by atoms with E-state index in [2.05, 4.69) is 15.4 Å². The van der Waals surface area contributed by atoms with Crippen LogP contribution in [0, 0.1) is 0 Å². The number of nitrogens with zero attached hydrogens (tertiary/aromatic N) is 1. The molecule has 1 unspecified atom stereocenters. The second-order valence-electron chi connectivity index (χ2n) is 10.0. The van der Waals surface area contributed by atoms with Crippen LogP contribution in [0.3, 0.4) is 0 Å². The molecule has 1 aliphatic heterocycles. The average molecular weight is 654 g/mol. The first-order valence-corrected chi connectivity index (χ1v) is 16.6. The van der Waals surface area contributed by atoms with Gasteiger partial charge in [-0.2, -0.15) is 0 Å². The lowest BCUT2D eigenvalue weighted by atomic mass is 10.2. The number of hydrogen-bond donors (Lipinski definition) is 2. The number of thiazole rings is 1. The molecule has 0 radical (unpaired) electrons. The monoisotopic (exact) mass is 653 g/mol. The number of rotatable bonds is 13. The Morgan fingerprint density at radius 1 is 0.956 bits per heavy atom. The summed E-state index contributed by atoms with van der Waals surface area (Å²) < 4.78 is 48.2. The van der Waals surface area contributed by atoms with Crippen molar-refractivity contribution in [3.05, 3.63) is 77.8 Å². The minimum absolute atomic E-state index is 0.0700. The number of anilines is 1. The number of carbonyl (C=O) groups is 2. The molecule has 12 nitrogen and oxygen atoms in total. The van der Waals surface area contributed by atoms with Crippen molar-refractivity contribution in [3.63, 3.8) is 0 Å². The van der Waals surface area contributed by atoms with Crippen LogP contribution >= 0.6 is 18.9 Å². The summed E-state index contributed by atoms with van der Waals surface area (Å²) in [7, 11) is -3.91. The summed E-state index contributed by atoms with van der Waals surface area (Å²) in [5.74, 6) is 1.47. The predicted molar refractivity (Wildman–Crippen MR) is 168 cm³/mol. The molecule has 0 saturated carbocycles. The maximum Gasteiger partial charge on any atom is 0.347 e. The molecular formula is C31H32N3O9PS. The molecule has 0 saturated heterocycles. The molecule has 1 aromatic heterocycles. The average Bonchev–Trinajstić information content (AvgIpc) is 3.69. The number of fused-ring (bicyclic) bond motifs is 1. The normalized spacial score (nSPS) is 13.9. The fourth-order valence-corrected chi connectivity index (χ4v) is 6.61. The maximum atomic E-state index is 14.4. The summed E-state index contributed by atoms with van der Waals surface area (Å²) in [6, 6.07) is 15.1. The summed E-state index contributed by atoms with van der Waals surface area (Å²) in [6.45, 7) is 7.22. The maximum absolute atomic E-state index is 14.4. The Morgan fingerprint density at radius 2 is 1.69 bits per heavy atom. The van der Waals surface area contributed by atoms with Crippen LogP contribution in [-0.4, -0.2) is 42.4 Å². The van der Waals surface area contributed by atoms with Crippen molar-refractivity contribution in [2.75, 3.05) is 18.7 Å². The molecule has 1 aliphatic rings.